The zero-order valence-electron chi connectivity index (χ0n) is 21.3. The van der Waals surface area contributed by atoms with Crippen LogP contribution in [0.2, 0.25) is 5.02 Å². The van der Waals surface area contributed by atoms with E-state index < -0.39 is 0 Å². The van der Waals surface area contributed by atoms with E-state index in [-0.39, 0.29) is 30.4 Å². The molecule has 0 unspecified atom stereocenters. The number of carbonyl (C=O) groups is 2. The number of halogens is 1. The highest BCUT2D eigenvalue weighted by Crippen LogP contribution is 2.34. The van der Waals surface area contributed by atoms with Gasteiger partial charge in [-0.05, 0) is 86.0 Å². The second-order valence-corrected chi connectivity index (χ2v) is 10.8. The number of hydrogen-bond acceptors (Lipinski definition) is 4. The molecule has 3 aromatic rings. The first-order valence-electron chi connectivity index (χ1n) is 12.4. The van der Waals surface area contributed by atoms with Crippen molar-refractivity contribution >= 4 is 34.8 Å². The standard InChI is InChI=1S/C29H33ClN2O3S/c1-5-21(4)32(29(34)23-9-7-6-8-19(23)2)17-28(33)31-14-12-27-24(13-15-36-27)26(31)18-35-22-10-11-25(30)20(3)16-22/h6-11,13,15-16,21,26H,5,12,14,17-18H2,1-4H3/t21-,26+/m1/s1. The Balaban J connectivity index is 1.56. The van der Waals surface area contributed by atoms with E-state index >= 15 is 0 Å². The third kappa shape index (κ3) is 5.60. The summed E-state index contributed by atoms with van der Waals surface area (Å²) in [5.74, 6) is 0.561. The summed E-state index contributed by atoms with van der Waals surface area (Å²) in [6.45, 7) is 8.89. The van der Waals surface area contributed by atoms with Crippen molar-refractivity contribution in [2.24, 2.45) is 0 Å². The molecule has 0 aliphatic carbocycles. The number of aryl methyl sites for hydroxylation is 2. The fourth-order valence-corrected chi connectivity index (χ4v) is 5.65. The third-order valence-corrected chi connectivity index (χ3v) is 8.44. The number of nitrogens with zero attached hydrogens (tertiary/aromatic N) is 2. The van der Waals surface area contributed by atoms with Crippen molar-refractivity contribution in [3.05, 3.63) is 86.1 Å². The molecule has 36 heavy (non-hydrogen) atoms. The van der Waals surface area contributed by atoms with Crippen LogP contribution < -0.4 is 4.74 Å². The molecule has 0 fully saturated rings. The number of fused-ring (bicyclic) bond motifs is 1. The molecule has 7 heteroatoms. The van der Waals surface area contributed by atoms with Gasteiger partial charge in [0.25, 0.3) is 5.91 Å². The Morgan fingerprint density at radius 3 is 2.67 bits per heavy atom. The number of hydrogen-bond donors (Lipinski definition) is 0. The van der Waals surface area contributed by atoms with Gasteiger partial charge in [0.2, 0.25) is 5.91 Å². The lowest BCUT2D eigenvalue weighted by Crippen LogP contribution is -2.50. The maximum absolute atomic E-state index is 13.8. The summed E-state index contributed by atoms with van der Waals surface area (Å²) >= 11 is 7.89. The highest BCUT2D eigenvalue weighted by Gasteiger charge is 2.34. The summed E-state index contributed by atoms with van der Waals surface area (Å²) in [5, 5.41) is 2.77. The molecule has 1 aromatic heterocycles. The monoisotopic (exact) mass is 524 g/mol. The number of ether oxygens (including phenoxy) is 1. The Morgan fingerprint density at radius 2 is 1.94 bits per heavy atom. The molecule has 5 nitrogen and oxygen atoms in total. The molecule has 2 aromatic carbocycles. The van der Waals surface area contributed by atoms with Crippen molar-refractivity contribution in [1.82, 2.24) is 9.80 Å². The van der Waals surface area contributed by atoms with Crippen LogP contribution in [0.3, 0.4) is 0 Å². The van der Waals surface area contributed by atoms with Gasteiger partial charge in [-0.15, -0.1) is 11.3 Å². The van der Waals surface area contributed by atoms with Gasteiger partial charge in [-0.25, -0.2) is 0 Å². The van der Waals surface area contributed by atoms with E-state index in [1.165, 1.54) is 4.88 Å². The fraction of sp³-hybridized carbons (Fsp3) is 0.379. The van der Waals surface area contributed by atoms with Crippen LogP contribution in [0.4, 0.5) is 0 Å². The zero-order valence-corrected chi connectivity index (χ0v) is 22.9. The molecule has 0 N–H and O–H groups in total. The van der Waals surface area contributed by atoms with Crippen LogP contribution in [0, 0.1) is 13.8 Å². The summed E-state index contributed by atoms with van der Waals surface area (Å²) in [7, 11) is 0. The van der Waals surface area contributed by atoms with Crippen LogP contribution in [-0.4, -0.2) is 47.4 Å². The predicted octanol–water partition coefficient (Wildman–Crippen LogP) is 6.46. The minimum Gasteiger partial charge on any atom is -0.491 e. The molecule has 0 saturated carbocycles. The van der Waals surface area contributed by atoms with Crippen LogP contribution in [0.1, 0.15) is 58.2 Å². The summed E-state index contributed by atoms with van der Waals surface area (Å²) in [6, 6.07) is 15.0. The highest BCUT2D eigenvalue weighted by atomic mass is 35.5. The molecule has 0 bridgehead atoms. The first-order chi connectivity index (χ1) is 17.3. The van der Waals surface area contributed by atoms with Crippen molar-refractivity contribution in [3.63, 3.8) is 0 Å². The normalized spacial score (nSPS) is 15.8. The first kappa shape index (κ1) is 26.2. The van der Waals surface area contributed by atoms with Crippen molar-refractivity contribution in [2.45, 2.75) is 52.6 Å². The molecule has 1 aliphatic heterocycles. The molecule has 0 saturated heterocycles. The van der Waals surface area contributed by atoms with Gasteiger partial charge >= 0.3 is 0 Å². The van der Waals surface area contributed by atoms with E-state index in [1.54, 1.807) is 16.2 Å². The maximum Gasteiger partial charge on any atom is 0.254 e. The van der Waals surface area contributed by atoms with Crippen LogP contribution in [-0.2, 0) is 11.2 Å². The summed E-state index contributed by atoms with van der Waals surface area (Å²) in [5.41, 5.74) is 3.63. The molecular formula is C29H33ClN2O3S. The number of amides is 2. The topological polar surface area (TPSA) is 49.9 Å². The second-order valence-electron chi connectivity index (χ2n) is 9.38. The lowest BCUT2D eigenvalue weighted by molar-refractivity contribution is -0.136. The summed E-state index contributed by atoms with van der Waals surface area (Å²) in [4.78, 5) is 32.2. The van der Waals surface area contributed by atoms with Gasteiger partial charge in [-0.2, -0.15) is 0 Å². The quantitative estimate of drug-likeness (QED) is 0.339. The molecule has 1 aliphatic rings. The third-order valence-electron chi connectivity index (χ3n) is 7.02. The largest absolute Gasteiger partial charge is 0.491 e. The molecule has 2 atom stereocenters. The van der Waals surface area contributed by atoms with Crippen molar-refractivity contribution in [1.29, 1.82) is 0 Å². The Kier molecular flexibility index (Phi) is 8.37. The minimum atomic E-state index is -0.212. The van der Waals surface area contributed by atoms with Gasteiger partial charge in [0.1, 0.15) is 18.9 Å². The molecule has 2 amide bonds. The number of thiophene rings is 1. The number of benzene rings is 2. The lowest BCUT2D eigenvalue weighted by atomic mass is 10.00. The predicted molar refractivity (Wildman–Crippen MR) is 146 cm³/mol. The Bertz CT molecular complexity index is 1240. The Hall–Kier alpha value is -2.83. The minimum absolute atomic E-state index is 0.0399. The van der Waals surface area contributed by atoms with Crippen LogP contribution in [0.15, 0.2) is 53.9 Å². The van der Waals surface area contributed by atoms with E-state index in [2.05, 4.69) is 11.4 Å². The van der Waals surface area contributed by atoms with Crippen LogP contribution >= 0.6 is 22.9 Å². The van der Waals surface area contributed by atoms with E-state index in [1.807, 2.05) is 75.1 Å². The Morgan fingerprint density at radius 1 is 1.17 bits per heavy atom. The molecule has 2 heterocycles. The van der Waals surface area contributed by atoms with Crippen LogP contribution in [0.5, 0.6) is 5.75 Å². The van der Waals surface area contributed by atoms with E-state index in [0.29, 0.717) is 23.7 Å². The summed E-state index contributed by atoms with van der Waals surface area (Å²) < 4.78 is 6.17. The molecule has 4 rings (SSSR count). The van der Waals surface area contributed by atoms with Crippen molar-refractivity contribution < 1.29 is 14.3 Å². The van der Waals surface area contributed by atoms with Gasteiger partial charge in [-0.3, -0.25) is 9.59 Å². The molecule has 190 valence electrons. The van der Waals surface area contributed by atoms with Crippen LogP contribution in [0.25, 0.3) is 0 Å². The van der Waals surface area contributed by atoms with E-state index in [0.717, 1.165) is 35.3 Å². The SMILES string of the molecule is CC[C@@H](C)N(CC(=O)N1CCc2sccc2[C@@H]1COc1ccc(Cl)c(C)c1)C(=O)c1ccccc1C. The van der Waals surface area contributed by atoms with Gasteiger partial charge in [0, 0.05) is 28.0 Å². The number of carbonyl (C=O) groups excluding carboxylic acids is 2. The van der Waals surface area contributed by atoms with Gasteiger partial charge in [-0.1, -0.05) is 36.7 Å². The Labute approximate surface area is 222 Å². The van der Waals surface area contributed by atoms with Gasteiger partial charge in [0.15, 0.2) is 0 Å². The lowest BCUT2D eigenvalue weighted by Gasteiger charge is -2.38. The van der Waals surface area contributed by atoms with E-state index in [9.17, 15) is 9.59 Å². The molecule has 0 radical (unpaired) electrons. The first-order valence-corrected chi connectivity index (χ1v) is 13.7. The highest BCUT2D eigenvalue weighted by molar-refractivity contribution is 7.10. The smallest absolute Gasteiger partial charge is 0.254 e. The van der Waals surface area contributed by atoms with E-state index in [4.69, 9.17) is 16.3 Å². The summed E-state index contributed by atoms with van der Waals surface area (Å²) in [6.07, 6.45) is 1.58. The van der Waals surface area contributed by atoms with Crippen molar-refractivity contribution in [3.8, 4) is 5.75 Å². The van der Waals surface area contributed by atoms with Gasteiger partial charge in [0.05, 0.1) is 6.04 Å². The molecular weight excluding hydrogens is 492 g/mol. The fourth-order valence-electron chi connectivity index (χ4n) is 4.61. The maximum atomic E-state index is 13.8. The number of rotatable bonds is 8. The van der Waals surface area contributed by atoms with Gasteiger partial charge < -0.3 is 14.5 Å². The second kappa shape index (κ2) is 11.5. The average molecular weight is 525 g/mol. The molecule has 0 spiro atoms. The average Bonchev–Trinajstić information content (AvgIpc) is 3.36. The van der Waals surface area contributed by atoms with Crippen molar-refractivity contribution in [2.75, 3.05) is 19.7 Å². The zero-order chi connectivity index (χ0) is 25.8.